The topological polar surface area (TPSA) is 34.5 Å². The standard InChI is InChI=1S/C46H31BN2O2/c1-46(2,3)27-20-22-28(23-21-27)49-35-24-19-26-11-4-5-12-29(26)39(35)40-41-36(25-33-30-13-6-8-17-37(30)50-44(33)40)48-42-32(15-10-16-34(42)47(41)49)45-43(48)31-14-7-9-18-38(31)51-45/h4-25H,1-3H3. The van der Waals surface area contributed by atoms with Crippen molar-refractivity contribution in [1.82, 2.24) is 4.57 Å². The Morgan fingerprint density at radius 1 is 0.529 bits per heavy atom. The number of rotatable bonds is 1. The Morgan fingerprint density at radius 3 is 2.02 bits per heavy atom. The Hall–Kier alpha value is -6.20. The van der Waals surface area contributed by atoms with Gasteiger partial charge in [-0.3, -0.25) is 0 Å². The van der Waals surface area contributed by atoms with Gasteiger partial charge in [0.15, 0.2) is 5.58 Å². The summed E-state index contributed by atoms with van der Waals surface area (Å²) in [6.07, 6.45) is 0. The summed E-state index contributed by atoms with van der Waals surface area (Å²) >= 11 is 0. The van der Waals surface area contributed by atoms with Gasteiger partial charge in [-0.05, 0) is 81.2 Å². The van der Waals surface area contributed by atoms with Crippen LogP contribution in [0.5, 0.6) is 0 Å². The normalized spacial score (nSPS) is 13.7. The summed E-state index contributed by atoms with van der Waals surface area (Å²) in [6, 6.07) is 48.7. The molecule has 2 aliphatic rings. The molecule has 0 amide bonds. The van der Waals surface area contributed by atoms with Crippen LogP contribution in [0.1, 0.15) is 26.3 Å². The number of fused-ring (bicyclic) bond motifs is 15. The minimum Gasteiger partial charge on any atom is -0.455 e. The van der Waals surface area contributed by atoms with Gasteiger partial charge in [0.05, 0.1) is 5.52 Å². The largest absolute Gasteiger partial charge is 0.455 e. The lowest BCUT2D eigenvalue weighted by Gasteiger charge is -2.42. The van der Waals surface area contributed by atoms with Crippen LogP contribution in [-0.4, -0.2) is 11.4 Å². The van der Waals surface area contributed by atoms with Gasteiger partial charge in [0.25, 0.3) is 0 Å². The first-order valence-electron chi connectivity index (χ1n) is 17.8. The van der Waals surface area contributed by atoms with Crippen molar-refractivity contribution in [3.05, 3.63) is 139 Å². The molecule has 10 aromatic rings. The van der Waals surface area contributed by atoms with E-state index >= 15 is 0 Å². The molecule has 0 N–H and O–H groups in total. The highest BCUT2D eigenvalue weighted by Crippen LogP contribution is 2.51. The van der Waals surface area contributed by atoms with Gasteiger partial charge in [0.1, 0.15) is 22.3 Å². The van der Waals surface area contributed by atoms with Gasteiger partial charge in [-0.15, -0.1) is 0 Å². The summed E-state index contributed by atoms with van der Waals surface area (Å²) in [4.78, 5) is 2.58. The third-order valence-electron chi connectivity index (χ3n) is 11.5. The van der Waals surface area contributed by atoms with Gasteiger partial charge in [-0.25, -0.2) is 0 Å². The first-order chi connectivity index (χ1) is 25.0. The number of furan rings is 2. The molecule has 240 valence electrons. The molecule has 0 spiro atoms. The maximum absolute atomic E-state index is 6.96. The lowest BCUT2D eigenvalue weighted by Crippen LogP contribution is -2.60. The second-order valence-electron chi connectivity index (χ2n) is 15.3. The van der Waals surface area contributed by atoms with E-state index in [1.807, 2.05) is 0 Å². The number of hydrogen-bond donors (Lipinski definition) is 0. The number of hydrogen-bond acceptors (Lipinski definition) is 3. The molecule has 4 nitrogen and oxygen atoms in total. The minimum atomic E-state index is -0.108. The Bertz CT molecular complexity index is 3140. The van der Waals surface area contributed by atoms with Crippen molar-refractivity contribution in [2.45, 2.75) is 26.2 Å². The molecule has 51 heavy (non-hydrogen) atoms. The van der Waals surface area contributed by atoms with Crippen LogP contribution in [0.4, 0.5) is 11.4 Å². The van der Waals surface area contributed by atoms with Crippen molar-refractivity contribution < 1.29 is 8.83 Å². The Morgan fingerprint density at radius 2 is 1.22 bits per heavy atom. The van der Waals surface area contributed by atoms with Crippen molar-refractivity contribution in [3.8, 4) is 16.8 Å². The molecule has 0 fully saturated rings. The van der Waals surface area contributed by atoms with E-state index in [4.69, 9.17) is 8.83 Å². The van der Waals surface area contributed by atoms with E-state index in [0.717, 1.165) is 55.1 Å². The SMILES string of the molecule is CC(C)(C)c1ccc(N2B3c4c(cc5c(oc6ccccc65)c4-c4c2ccc2ccccc42)-n2c4c3cccc4c3oc4ccccc4c32)cc1. The van der Waals surface area contributed by atoms with Crippen LogP contribution in [0, 0.1) is 0 Å². The van der Waals surface area contributed by atoms with E-state index in [2.05, 4.69) is 164 Å². The summed E-state index contributed by atoms with van der Waals surface area (Å²) in [7, 11) is 0. The molecule has 12 rings (SSSR count). The molecule has 0 saturated carbocycles. The van der Waals surface area contributed by atoms with Crippen molar-refractivity contribution in [3.63, 3.8) is 0 Å². The molecule has 7 aromatic carbocycles. The zero-order valence-corrected chi connectivity index (χ0v) is 28.5. The maximum Gasteiger partial charge on any atom is 0.333 e. The minimum absolute atomic E-state index is 0.0509. The van der Waals surface area contributed by atoms with Gasteiger partial charge >= 0.3 is 6.85 Å². The first kappa shape index (κ1) is 27.6. The second-order valence-corrected chi connectivity index (χ2v) is 15.3. The fourth-order valence-electron chi connectivity index (χ4n) is 9.27. The Labute approximate surface area is 294 Å². The molecule has 0 aliphatic carbocycles. The average molecular weight is 655 g/mol. The molecule has 0 radical (unpaired) electrons. The lowest BCUT2D eigenvalue weighted by molar-refractivity contribution is 0.590. The summed E-state index contributed by atoms with van der Waals surface area (Å²) in [5.74, 6) is 0. The quantitative estimate of drug-likeness (QED) is 0.165. The Balaban J connectivity index is 1.32. The fraction of sp³-hybridized carbons (Fsp3) is 0.0870. The van der Waals surface area contributed by atoms with Crippen molar-refractivity contribution >= 4 is 94.8 Å². The highest BCUT2D eigenvalue weighted by Gasteiger charge is 2.46. The maximum atomic E-state index is 6.96. The number of anilines is 2. The van der Waals surface area contributed by atoms with Crippen LogP contribution >= 0.6 is 0 Å². The van der Waals surface area contributed by atoms with E-state index in [0.29, 0.717) is 0 Å². The molecule has 2 aliphatic heterocycles. The zero-order chi connectivity index (χ0) is 33.7. The van der Waals surface area contributed by atoms with Gasteiger partial charge in [0.2, 0.25) is 0 Å². The lowest BCUT2D eigenvalue weighted by atomic mass is 9.43. The number of nitrogens with zero attached hydrogens (tertiary/aromatic N) is 2. The zero-order valence-electron chi connectivity index (χ0n) is 28.5. The number of aromatic nitrogens is 1. The third-order valence-corrected chi connectivity index (χ3v) is 11.5. The Kier molecular flexibility index (Phi) is 5.04. The second kappa shape index (κ2) is 9.32. The molecule has 3 aromatic heterocycles. The molecule has 0 bridgehead atoms. The summed E-state index contributed by atoms with van der Waals surface area (Å²) in [5, 5.41) is 6.94. The van der Waals surface area contributed by atoms with E-state index in [-0.39, 0.29) is 12.3 Å². The summed E-state index contributed by atoms with van der Waals surface area (Å²) in [6.45, 7) is 6.73. The van der Waals surface area contributed by atoms with Gasteiger partial charge in [-0.2, -0.15) is 0 Å². The average Bonchev–Trinajstić information content (AvgIpc) is 3.82. The van der Waals surface area contributed by atoms with E-state index in [1.54, 1.807) is 0 Å². The smallest absolute Gasteiger partial charge is 0.333 e. The van der Waals surface area contributed by atoms with Crippen LogP contribution in [0.25, 0.3) is 82.5 Å². The predicted molar refractivity (Wildman–Crippen MR) is 213 cm³/mol. The molecule has 0 atom stereocenters. The fourth-order valence-corrected chi connectivity index (χ4v) is 9.27. The molecular formula is C46H31BN2O2. The number of para-hydroxylation sites is 3. The first-order valence-corrected chi connectivity index (χ1v) is 17.8. The van der Waals surface area contributed by atoms with E-state index in [1.165, 1.54) is 55.3 Å². The van der Waals surface area contributed by atoms with Crippen LogP contribution in [0.15, 0.2) is 142 Å². The third kappa shape index (κ3) is 3.41. The molecule has 5 heterocycles. The van der Waals surface area contributed by atoms with E-state index < -0.39 is 0 Å². The van der Waals surface area contributed by atoms with E-state index in [9.17, 15) is 0 Å². The van der Waals surface area contributed by atoms with Gasteiger partial charge in [0, 0.05) is 49.7 Å². The molecule has 0 unspecified atom stereocenters. The molecular weight excluding hydrogens is 623 g/mol. The summed E-state index contributed by atoms with van der Waals surface area (Å²) in [5.41, 5.74) is 15.8. The number of benzene rings is 7. The van der Waals surface area contributed by atoms with Crippen LogP contribution in [0.2, 0.25) is 0 Å². The van der Waals surface area contributed by atoms with Crippen molar-refractivity contribution in [1.29, 1.82) is 0 Å². The van der Waals surface area contributed by atoms with Gasteiger partial charge < -0.3 is 18.2 Å². The van der Waals surface area contributed by atoms with Gasteiger partial charge in [-0.1, -0.05) is 106 Å². The highest BCUT2D eigenvalue weighted by atomic mass is 16.3. The summed E-state index contributed by atoms with van der Waals surface area (Å²) < 4.78 is 16.2. The van der Waals surface area contributed by atoms with Crippen molar-refractivity contribution in [2.24, 2.45) is 0 Å². The monoisotopic (exact) mass is 654 g/mol. The van der Waals surface area contributed by atoms with Crippen LogP contribution < -0.4 is 15.7 Å². The van der Waals surface area contributed by atoms with Crippen LogP contribution in [-0.2, 0) is 5.41 Å². The molecule has 5 heteroatoms. The highest BCUT2D eigenvalue weighted by molar-refractivity contribution is 6.94. The molecule has 0 saturated heterocycles. The van der Waals surface area contributed by atoms with Crippen LogP contribution in [0.3, 0.4) is 0 Å². The van der Waals surface area contributed by atoms with Crippen molar-refractivity contribution in [2.75, 3.05) is 4.81 Å². The predicted octanol–water partition coefficient (Wildman–Crippen LogP) is 11.1.